The Morgan fingerprint density at radius 2 is 2.10 bits per heavy atom. The lowest BCUT2D eigenvalue weighted by Crippen LogP contribution is -2.44. The van der Waals surface area contributed by atoms with Crippen molar-refractivity contribution < 1.29 is 9.18 Å². The molecule has 0 spiro atoms. The number of carbonyl (C=O) groups excluding carboxylic acids is 1. The van der Waals surface area contributed by atoms with Gasteiger partial charge in [-0.05, 0) is 0 Å². The van der Waals surface area contributed by atoms with Crippen LogP contribution in [-0.2, 0) is 7.05 Å². The molecule has 0 unspecified atom stereocenters. The zero-order chi connectivity index (χ0) is 14.8. The second-order valence-corrected chi connectivity index (χ2v) is 4.64. The highest BCUT2D eigenvalue weighted by Crippen LogP contribution is 2.20. The van der Waals surface area contributed by atoms with Gasteiger partial charge in [-0.3, -0.25) is 4.79 Å². The molecule has 8 nitrogen and oxygen atoms in total. The summed E-state index contributed by atoms with van der Waals surface area (Å²) in [5.74, 6) is 0.0491. The van der Waals surface area contributed by atoms with Crippen molar-refractivity contribution in [3.05, 3.63) is 17.8 Å². The van der Waals surface area contributed by atoms with Crippen LogP contribution >= 0.6 is 0 Å². The molecule has 110 valence electrons. The molecule has 21 heavy (non-hydrogen) atoms. The Bertz CT molecular complexity index is 666. The van der Waals surface area contributed by atoms with E-state index in [-0.39, 0.29) is 17.3 Å². The second-order valence-electron chi connectivity index (χ2n) is 4.64. The van der Waals surface area contributed by atoms with Crippen LogP contribution in [0.1, 0.15) is 10.6 Å². The number of nitrogens with zero attached hydrogens (tertiary/aromatic N) is 6. The Hall–Kier alpha value is -2.42. The van der Waals surface area contributed by atoms with Gasteiger partial charge in [0.1, 0.15) is 5.69 Å². The zero-order valence-corrected chi connectivity index (χ0v) is 11.5. The van der Waals surface area contributed by atoms with E-state index in [4.69, 9.17) is 0 Å². The fraction of sp³-hybridized carbons (Fsp3) is 0.417. The molecule has 1 N–H and O–H groups in total. The van der Waals surface area contributed by atoms with Gasteiger partial charge in [0.15, 0.2) is 17.9 Å². The fourth-order valence-corrected chi connectivity index (χ4v) is 2.19. The highest BCUT2D eigenvalue weighted by Gasteiger charge is 2.19. The number of aryl methyl sites for hydroxylation is 1. The highest BCUT2D eigenvalue weighted by atomic mass is 19.1. The van der Waals surface area contributed by atoms with E-state index in [0.717, 1.165) is 32.4 Å². The molecule has 0 bridgehead atoms. The van der Waals surface area contributed by atoms with Gasteiger partial charge >= 0.3 is 0 Å². The van der Waals surface area contributed by atoms with Crippen molar-refractivity contribution in [1.29, 1.82) is 0 Å². The maximum atomic E-state index is 14.0. The molecule has 1 aliphatic rings. The van der Waals surface area contributed by atoms with E-state index < -0.39 is 5.82 Å². The van der Waals surface area contributed by atoms with Crippen LogP contribution in [0.2, 0.25) is 0 Å². The van der Waals surface area contributed by atoms with Crippen LogP contribution in [0.3, 0.4) is 0 Å². The number of nitrogens with one attached hydrogen (secondary N) is 1. The maximum Gasteiger partial charge on any atom is 0.226 e. The topological polar surface area (TPSA) is 88.8 Å². The molecular weight excluding hydrogens is 277 g/mol. The summed E-state index contributed by atoms with van der Waals surface area (Å²) in [5, 5.41) is 7.10. The molecule has 0 aromatic carbocycles. The third kappa shape index (κ3) is 2.59. The summed E-state index contributed by atoms with van der Waals surface area (Å²) < 4.78 is 15.3. The molecule has 0 amide bonds. The minimum absolute atomic E-state index is 0.00534. The number of piperazine rings is 1. The summed E-state index contributed by atoms with van der Waals surface area (Å²) >= 11 is 0. The quantitative estimate of drug-likeness (QED) is 0.772. The first-order valence-electron chi connectivity index (χ1n) is 6.54. The van der Waals surface area contributed by atoms with Crippen molar-refractivity contribution in [2.75, 3.05) is 31.1 Å². The fourth-order valence-electron chi connectivity index (χ4n) is 2.19. The van der Waals surface area contributed by atoms with E-state index in [1.807, 2.05) is 4.90 Å². The zero-order valence-electron chi connectivity index (χ0n) is 11.5. The predicted octanol–water partition coefficient (Wildman–Crippen LogP) is -0.367. The van der Waals surface area contributed by atoms with Crippen LogP contribution in [-0.4, -0.2) is 57.2 Å². The second kappa shape index (κ2) is 5.52. The summed E-state index contributed by atoms with van der Waals surface area (Å²) in [4.78, 5) is 24.9. The number of anilines is 1. The van der Waals surface area contributed by atoms with E-state index in [2.05, 4.69) is 25.4 Å². The number of carbonyl (C=O) groups is 1. The Morgan fingerprint density at radius 3 is 2.76 bits per heavy atom. The molecule has 0 saturated carbocycles. The lowest BCUT2D eigenvalue weighted by molar-refractivity contribution is 0.111. The summed E-state index contributed by atoms with van der Waals surface area (Å²) in [6.07, 6.45) is 1.63. The van der Waals surface area contributed by atoms with Gasteiger partial charge in [-0.25, -0.2) is 24.0 Å². The molecule has 1 saturated heterocycles. The highest BCUT2D eigenvalue weighted by molar-refractivity contribution is 5.70. The van der Waals surface area contributed by atoms with Crippen LogP contribution in [0, 0.1) is 5.82 Å². The number of hydrogen-bond acceptors (Lipinski definition) is 7. The lowest BCUT2D eigenvalue weighted by Gasteiger charge is -2.27. The Morgan fingerprint density at radius 1 is 1.33 bits per heavy atom. The minimum atomic E-state index is -0.596. The van der Waals surface area contributed by atoms with E-state index in [1.165, 1.54) is 4.68 Å². The SMILES string of the molecule is Cn1nc(C=O)nc1-c1nc(N2CCNCC2)ncc1F. The molecule has 2 aromatic rings. The van der Waals surface area contributed by atoms with Gasteiger partial charge < -0.3 is 10.2 Å². The average Bonchev–Trinajstić information content (AvgIpc) is 2.90. The Kier molecular flexibility index (Phi) is 3.57. The number of aromatic nitrogens is 5. The maximum absolute atomic E-state index is 14.0. The van der Waals surface area contributed by atoms with Crippen LogP contribution in [0.15, 0.2) is 6.20 Å². The van der Waals surface area contributed by atoms with Crippen molar-refractivity contribution in [3.8, 4) is 11.5 Å². The standard InChI is InChI=1S/C12H14FN7O/c1-19-11(16-9(7-21)18-19)10-8(13)6-15-12(17-10)20-4-2-14-3-5-20/h6-7,14H,2-5H2,1H3. The van der Waals surface area contributed by atoms with Crippen molar-refractivity contribution in [2.45, 2.75) is 0 Å². The van der Waals surface area contributed by atoms with Gasteiger partial charge in [-0.2, -0.15) is 0 Å². The Labute approximate surface area is 120 Å². The van der Waals surface area contributed by atoms with E-state index in [0.29, 0.717) is 12.2 Å². The van der Waals surface area contributed by atoms with Crippen LogP contribution in [0.25, 0.3) is 11.5 Å². The van der Waals surface area contributed by atoms with Gasteiger partial charge in [0, 0.05) is 33.2 Å². The van der Waals surface area contributed by atoms with Gasteiger partial charge in [-0.15, -0.1) is 5.10 Å². The van der Waals surface area contributed by atoms with Crippen LogP contribution < -0.4 is 10.2 Å². The molecule has 1 fully saturated rings. The molecule has 0 aliphatic carbocycles. The first kappa shape index (κ1) is 13.6. The first-order valence-corrected chi connectivity index (χ1v) is 6.54. The predicted molar refractivity (Wildman–Crippen MR) is 72.5 cm³/mol. The first-order chi connectivity index (χ1) is 10.2. The van der Waals surface area contributed by atoms with E-state index in [1.54, 1.807) is 7.05 Å². The van der Waals surface area contributed by atoms with Crippen LogP contribution in [0.4, 0.5) is 10.3 Å². The van der Waals surface area contributed by atoms with Crippen molar-refractivity contribution in [1.82, 2.24) is 30.0 Å². The summed E-state index contributed by atoms with van der Waals surface area (Å²) in [7, 11) is 1.58. The molecule has 0 radical (unpaired) electrons. The number of hydrogen-bond donors (Lipinski definition) is 1. The summed E-state index contributed by atoms with van der Waals surface area (Å²) in [5.41, 5.74) is 0.0432. The average molecular weight is 291 g/mol. The summed E-state index contributed by atoms with van der Waals surface area (Å²) in [6.45, 7) is 3.16. The van der Waals surface area contributed by atoms with Crippen molar-refractivity contribution in [3.63, 3.8) is 0 Å². The third-order valence-electron chi connectivity index (χ3n) is 3.23. The largest absolute Gasteiger partial charge is 0.338 e. The Balaban J connectivity index is 2.00. The molecule has 0 atom stereocenters. The number of rotatable bonds is 3. The molecule has 1 aliphatic heterocycles. The lowest BCUT2D eigenvalue weighted by atomic mass is 10.3. The van der Waals surface area contributed by atoms with Gasteiger partial charge in [-0.1, -0.05) is 0 Å². The van der Waals surface area contributed by atoms with Gasteiger partial charge in [0.2, 0.25) is 11.8 Å². The smallest absolute Gasteiger partial charge is 0.226 e. The molecular formula is C12H14FN7O. The van der Waals surface area contributed by atoms with Gasteiger partial charge in [0.05, 0.1) is 6.20 Å². The molecule has 9 heteroatoms. The van der Waals surface area contributed by atoms with Crippen molar-refractivity contribution >= 4 is 12.2 Å². The molecule has 3 heterocycles. The minimum Gasteiger partial charge on any atom is -0.338 e. The monoisotopic (exact) mass is 291 g/mol. The van der Waals surface area contributed by atoms with E-state index in [9.17, 15) is 9.18 Å². The van der Waals surface area contributed by atoms with Crippen molar-refractivity contribution in [2.24, 2.45) is 7.05 Å². The van der Waals surface area contributed by atoms with Crippen LogP contribution in [0.5, 0.6) is 0 Å². The third-order valence-corrected chi connectivity index (χ3v) is 3.23. The van der Waals surface area contributed by atoms with E-state index >= 15 is 0 Å². The van der Waals surface area contributed by atoms with Gasteiger partial charge in [0.25, 0.3) is 0 Å². The molecule has 3 rings (SSSR count). The number of halogens is 1. The molecule has 2 aromatic heterocycles. The number of aldehydes is 1. The normalized spacial score (nSPS) is 15.2. The summed E-state index contributed by atoms with van der Waals surface area (Å²) in [6, 6.07) is 0.